The van der Waals surface area contributed by atoms with Crippen LogP contribution in [-0.4, -0.2) is 20.3 Å². The Hall–Kier alpha value is -0.535. The average Bonchev–Trinajstić information content (AvgIpc) is 2.37. The van der Waals surface area contributed by atoms with Crippen molar-refractivity contribution in [3.63, 3.8) is 0 Å². The molecule has 0 saturated carbocycles. The van der Waals surface area contributed by atoms with Crippen molar-refractivity contribution in [1.82, 2.24) is 0 Å². The van der Waals surface area contributed by atoms with Crippen molar-refractivity contribution in [2.24, 2.45) is 0 Å². The summed E-state index contributed by atoms with van der Waals surface area (Å²) >= 11 is 0. The molecule has 0 unspecified atom stereocenters. The maximum Gasteiger partial charge on any atom is 0.493 e. The van der Waals surface area contributed by atoms with Gasteiger partial charge in [0.25, 0.3) is 0 Å². The van der Waals surface area contributed by atoms with Crippen LogP contribution in [0.2, 0.25) is 0 Å². The van der Waals surface area contributed by atoms with Gasteiger partial charge in [0, 0.05) is 0 Å². The second kappa shape index (κ2) is 2.85. The average molecular weight is 124 g/mol. The first-order chi connectivity index (χ1) is 4.34. The first-order valence-electron chi connectivity index (χ1n) is 2.89. The lowest BCUT2D eigenvalue weighted by atomic mass is 9.80. The molecule has 0 aromatic carbocycles. The quantitative estimate of drug-likeness (QED) is 0.400. The van der Waals surface area contributed by atoms with E-state index >= 15 is 0 Å². The van der Waals surface area contributed by atoms with E-state index in [0.717, 1.165) is 5.47 Å². The second-order valence-electron chi connectivity index (χ2n) is 1.85. The van der Waals surface area contributed by atoms with E-state index < -0.39 is 0 Å². The molecule has 48 valence electrons. The molecule has 1 heterocycles. The highest BCUT2D eigenvalue weighted by molar-refractivity contribution is 6.54. The molecule has 0 aromatic rings. The molecule has 3 heteroatoms. The summed E-state index contributed by atoms with van der Waals surface area (Å²) in [5, 5.41) is 0. The third-order valence-corrected chi connectivity index (χ3v) is 1.19. The fourth-order valence-corrected chi connectivity index (χ4v) is 0.669. The molecule has 9 heavy (non-hydrogen) atoms. The lowest BCUT2D eigenvalue weighted by Gasteiger charge is -1.99. The largest absolute Gasteiger partial charge is 0.493 e. The zero-order valence-electron chi connectivity index (χ0n) is 5.30. The van der Waals surface area contributed by atoms with Crippen molar-refractivity contribution in [2.75, 3.05) is 13.2 Å². The molecular weight excluding hydrogens is 115 g/mol. The van der Waals surface area contributed by atoms with Crippen LogP contribution in [-0.2, 0) is 9.31 Å². The Morgan fingerprint density at radius 1 is 1.44 bits per heavy atom. The molecule has 0 atom stereocenters. The topological polar surface area (TPSA) is 18.5 Å². The number of hydrogen-bond donors (Lipinski definition) is 0. The highest BCUT2D eigenvalue weighted by Crippen LogP contribution is 2.07. The molecule has 0 bridgehead atoms. The molecule has 0 amide bonds. The van der Waals surface area contributed by atoms with Crippen molar-refractivity contribution < 1.29 is 9.31 Å². The molecule has 0 aromatic heterocycles. The van der Waals surface area contributed by atoms with E-state index in [0.29, 0.717) is 13.2 Å². The smallest absolute Gasteiger partial charge is 0.405 e. The number of hydrogen-bond acceptors (Lipinski definition) is 2. The van der Waals surface area contributed by atoms with E-state index in [1.807, 2.05) is 0 Å². The fourth-order valence-electron chi connectivity index (χ4n) is 0.669. The standard InChI is InChI=1S/C6H9BO2/c1-3-6(2)7-8-4-5-9-7/h3H,1-2,4-5H2. The van der Waals surface area contributed by atoms with E-state index in [9.17, 15) is 0 Å². The van der Waals surface area contributed by atoms with Gasteiger partial charge >= 0.3 is 7.12 Å². The van der Waals surface area contributed by atoms with Gasteiger partial charge < -0.3 is 9.31 Å². The molecule has 0 N–H and O–H groups in total. The summed E-state index contributed by atoms with van der Waals surface area (Å²) in [4.78, 5) is 0. The first kappa shape index (κ1) is 6.58. The van der Waals surface area contributed by atoms with E-state index in [1.165, 1.54) is 0 Å². The highest BCUT2D eigenvalue weighted by atomic mass is 16.6. The van der Waals surface area contributed by atoms with E-state index in [-0.39, 0.29) is 7.12 Å². The van der Waals surface area contributed by atoms with Gasteiger partial charge in [0.05, 0.1) is 13.2 Å². The van der Waals surface area contributed by atoms with Crippen molar-refractivity contribution in [3.05, 3.63) is 24.7 Å². The monoisotopic (exact) mass is 124 g/mol. The van der Waals surface area contributed by atoms with E-state index in [2.05, 4.69) is 13.2 Å². The van der Waals surface area contributed by atoms with Gasteiger partial charge in [0.1, 0.15) is 0 Å². The molecule has 1 saturated heterocycles. The highest BCUT2D eigenvalue weighted by Gasteiger charge is 2.24. The van der Waals surface area contributed by atoms with Crippen LogP contribution < -0.4 is 0 Å². The molecule has 2 nitrogen and oxygen atoms in total. The summed E-state index contributed by atoms with van der Waals surface area (Å²) in [6.45, 7) is 8.56. The van der Waals surface area contributed by atoms with Crippen LogP contribution in [0.25, 0.3) is 0 Å². The predicted molar refractivity (Wildman–Crippen MR) is 37.0 cm³/mol. The summed E-state index contributed by atoms with van der Waals surface area (Å²) in [5.74, 6) is 0. The van der Waals surface area contributed by atoms with Crippen LogP contribution in [0, 0.1) is 0 Å². The van der Waals surface area contributed by atoms with Gasteiger partial charge in [-0.1, -0.05) is 19.2 Å². The third kappa shape index (κ3) is 1.43. The Bertz CT molecular complexity index is 127. The summed E-state index contributed by atoms with van der Waals surface area (Å²) in [6, 6.07) is 0. The molecule has 0 spiro atoms. The molecule has 0 aliphatic carbocycles. The molecule has 1 rings (SSSR count). The zero-order chi connectivity index (χ0) is 6.69. The summed E-state index contributed by atoms with van der Waals surface area (Å²) in [6.07, 6.45) is 1.65. The second-order valence-corrected chi connectivity index (χ2v) is 1.85. The Labute approximate surface area is 55.3 Å². The zero-order valence-corrected chi connectivity index (χ0v) is 5.30. The summed E-state index contributed by atoms with van der Waals surface area (Å²) in [5.41, 5.74) is 0.799. The van der Waals surface area contributed by atoms with Crippen molar-refractivity contribution in [3.8, 4) is 0 Å². The minimum absolute atomic E-state index is 0.234. The van der Waals surface area contributed by atoms with Crippen molar-refractivity contribution >= 4 is 7.12 Å². The SMILES string of the molecule is C=CC(=C)B1OCCO1. The number of allylic oxidation sites excluding steroid dienone is 2. The lowest BCUT2D eigenvalue weighted by Crippen LogP contribution is -2.15. The van der Waals surface area contributed by atoms with Crippen LogP contribution in [0.15, 0.2) is 24.7 Å². The van der Waals surface area contributed by atoms with Crippen LogP contribution in [0.5, 0.6) is 0 Å². The first-order valence-corrected chi connectivity index (χ1v) is 2.89. The van der Waals surface area contributed by atoms with Gasteiger partial charge in [-0.25, -0.2) is 0 Å². The van der Waals surface area contributed by atoms with Crippen LogP contribution in [0.3, 0.4) is 0 Å². The third-order valence-electron chi connectivity index (χ3n) is 1.19. The Kier molecular flexibility index (Phi) is 2.08. The Morgan fingerprint density at radius 3 is 2.44 bits per heavy atom. The van der Waals surface area contributed by atoms with Crippen LogP contribution >= 0.6 is 0 Å². The molecular formula is C6H9BO2. The summed E-state index contributed by atoms with van der Waals surface area (Å²) < 4.78 is 10.2. The Balaban J connectivity index is 2.41. The van der Waals surface area contributed by atoms with Crippen molar-refractivity contribution in [2.45, 2.75) is 0 Å². The maximum absolute atomic E-state index is 5.11. The van der Waals surface area contributed by atoms with Gasteiger partial charge in [-0.2, -0.15) is 0 Å². The normalized spacial score (nSPS) is 18.0. The predicted octanol–water partition coefficient (Wildman–Crippen LogP) is 0.803. The van der Waals surface area contributed by atoms with Gasteiger partial charge in [0.2, 0.25) is 0 Å². The van der Waals surface area contributed by atoms with Gasteiger partial charge in [-0.05, 0) is 5.47 Å². The molecule has 1 aliphatic rings. The van der Waals surface area contributed by atoms with Gasteiger partial charge in [-0.15, -0.1) is 0 Å². The van der Waals surface area contributed by atoms with Crippen LogP contribution in [0.1, 0.15) is 0 Å². The lowest BCUT2D eigenvalue weighted by molar-refractivity contribution is 0.365. The van der Waals surface area contributed by atoms with Crippen LogP contribution in [0.4, 0.5) is 0 Å². The van der Waals surface area contributed by atoms with Gasteiger partial charge in [-0.3, -0.25) is 0 Å². The molecule has 1 fully saturated rings. The minimum atomic E-state index is -0.234. The van der Waals surface area contributed by atoms with Crippen molar-refractivity contribution in [1.29, 1.82) is 0 Å². The molecule has 1 aliphatic heterocycles. The molecule has 0 radical (unpaired) electrons. The minimum Gasteiger partial charge on any atom is -0.405 e. The summed E-state index contributed by atoms with van der Waals surface area (Å²) in [7, 11) is -0.234. The van der Waals surface area contributed by atoms with E-state index in [1.54, 1.807) is 6.08 Å². The van der Waals surface area contributed by atoms with E-state index in [4.69, 9.17) is 9.31 Å². The fraction of sp³-hybridized carbons (Fsp3) is 0.333. The Morgan fingerprint density at radius 2 is 2.00 bits per heavy atom. The van der Waals surface area contributed by atoms with Gasteiger partial charge in [0.15, 0.2) is 0 Å². The number of rotatable bonds is 2. The maximum atomic E-state index is 5.11.